The molecule has 0 atom stereocenters. The molecule has 0 radical (unpaired) electrons. The number of carbonyl (C=O) groups excluding carboxylic acids is 1. The predicted octanol–water partition coefficient (Wildman–Crippen LogP) is 5.67. The van der Waals surface area contributed by atoms with Crippen molar-refractivity contribution in [2.75, 3.05) is 0 Å². The van der Waals surface area contributed by atoms with Crippen molar-refractivity contribution in [3.63, 3.8) is 0 Å². The van der Waals surface area contributed by atoms with E-state index in [0.29, 0.717) is 0 Å². The van der Waals surface area contributed by atoms with Crippen molar-refractivity contribution in [3.8, 4) is 11.1 Å². The highest BCUT2D eigenvalue weighted by molar-refractivity contribution is 6.08. The topological polar surface area (TPSA) is 91.7 Å². The Labute approximate surface area is 185 Å². The molecule has 0 heterocycles. The molecule has 0 spiro atoms. The van der Waals surface area contributed by atoms with Crippen molar-refractivity contribution < 1.29 is 24.6 Å². The number of benzene rings is 4. The summed E-state index contributed by atoms with van der Waals surface area (Å²) in [4.78, 5) is 33.3. The van der Waals surface area contributed by atoms with Gasteiger partial charge in [-0.3, -0.25) is 4.79 Å². The van der Waals surface area contributed by atoms with Gasteiger partial charge >= 0.3 is 11.9 Å². The second kappa shape index (κ2) is 10.5. The Morgan fingerprint density at radius 1 is 0.406 bits per heavy atom. The molecular formula is C27H20O5. The highest BCUT2D eigenvalue weighted by atomic mass is 16.4. The molecule has 0 aromatic heterocycles. The molecule has 2 N–H and O–H groups in total. The molecule has 0 amide bonds. The quantitative estimate of drug-likeness (QED) is 0.403. The van der Waals surface area contributed by atoms with E-state index in [1.54, 1.807) is 24.3 Å². The van der Waals surface area contributed by atoms with Gasteiger partial charge in [-0.05, 0) is 35.4 Å². The van der Waals surface area contributed by atoms with Crippen molar-refractivity contribution in [2.24, 2.45) is 0 Å². The van der Waals surface area contributed by atoms with Crippen LogP contribution in [0.3, 0.4) is 0 Å². The fraction of sp³-hybridized carbons (Fsp3) is 0. The van der Waals surface area contributed by atoms with Gasteiger partial charge in [0.1, 0.15) is 0 Å². The minimum absolute atomic E-state index is 0.0752. The maximum Gasteiger partial charge on any atom is 0.335 e. The number of carboxylic acids is 2. The molecule has 0 aliphatic heterocycles. The van der Waals surface area contributed by atoms with Crippen LogP contribution in [-0.2, 0) is 0 Å². The van der Waals surface area contributed by atoms with E-state index >= 15 is 0 Å². The lowest BCUT2D eigenvalue weighted by atomic mass is 10.0. The van der Waals surface area contributed by atoms with E-state index in [1.807, 2.05) is 60.7 Å². The van der Waals surface area contributed by atoms with E-state index in [1.165, 1.54) is 24.3 Å². The van der Waals surface area contributed by atoms with Gasteiger partial charge in [-0.2, -0.15) is 0 Å². The van der Waals surface area contributed by atoms with E-state index in [4.69, 9.17) is 10.2 Å². The van der Waals surface area contributed by atoms with Gasteiger partial charge in [0, 0.05) is 11.1 Å². The summed E-state index contributed by atoms with van der Waals surface area (Å²) < 4.78 is 0. The van der Waals surface area contributed by atoms with Crippen LogP contribution in [0.5, 0.6) is 0 Å². The normalized spacial score (nSPS) is 9.88. The Kier molecular flexibility index (Phi) is 7.28. The minimum Gasteiger partial charge on any atom is -0.478 e. The van der Waals surface area contributed by atoms with Crippen LogP contribution in [0.15, 0.2) is 109 Å². The van der Waals surface area contributed by atoms with Crippen LogP contribution in [0.4, 0.5) is 0 Å². The average Bonchev–Trinajstić information content (AvgIpc) is 2.85. The average molecular weight is 424 g/mol. The summed E-state index contributed by atoms with van der Waals surface area (Å²) in [5, 5.41) is 17.6. The van der Waals surface area contributed by atoms with Crippen molar-refractivity contribution >= 4 is 17.7 Å². The molecule has 32 heavy (non-hydrogen) atoms. The summed E-state index contributed by atoms with van der Waals surface area (Å²) in [6, 6.07) is 31.4. The van der Waals surface area contributed by atoms with Crippen molar-refractivity contribution in [1.29, 1.82) is 0 Å². The summed E-state index contributed by atoms with van der Waals surface area (Å²) in [6.45, 7) is 0. The number of carboxylic acid groups (broad SMARTS) is 2. The second-order valence-corrected chi connectivity index (χ2v) is 6.83. The van der Waals surface area contributed by atoms with Gasteiger partial charge in [0.2, 0.25) is 0 Å². The molecule has 4 aromatic carbocycles. The first-order valence-electron chi connectivity index (χ1n) is 9.77. The summed E-state index contributed by atoms with van der Waals surface area (Å²) in [7, 11) is 0. The van der Waals surface area contributed by atoms with E-state index in [2.05, 4.69) is 0 Å². The van der Waals surface area contributed by atoms with Gasteiger partial charge in [-0.25, -0.2) is 9.59 Å². The molecule has 0 saturated carbocycles. The third kappa shape index (κ3) is 5.77. The molecule has 0 aliphatic carbocycles. The number of hydrogen-bond donors (Lipinski definition) is 2. The Morgan fingerprint density at radius 3 is 1.00 bits per heavy atom. The van der Waals surface area contributed by atoms with Crippen molar-refractivity contribution in [2.45, 2.75) is 0 Å². The van der Waals surface area contributed by atoms with Crippen LogP contribution in [0.1, 0.15) is 36.6 Å². The van der Waals surface area contributed by atoms with Crippen LogP contribution in [-0.4, -0.2) is 27.9 Å². The third-order valence-corrected chi connectivity index (χ3v) is 4.67. The van der Waals surface area contributed by atoms with Crippen LogP contribution in [0.25, 0.3) is 11.1 Å². The Bertz CT molecular complexity index is 1100. The molecule has 4 aromatic rings. The van der Waals surface area contributed by atoms with Crippen molar-refractivity contribution in [1.82, 2.24) is 0 Å². The maximum absolute atomic E-state index is 11.8. The lowest BCUT2D eigenvalue weighted by Gasteiger charge is -2.03. The summed E-state index contributed by atoms with van der Waals surface area (Å²) in [6.07, 6.45) is 0. The Hall–Kier alpha value is -4.51. The van der Waals surface area contributed by atoms with Gasteiger partial charge in [0.25, 0.3) is 0 Å². The molecule has 0 bridgehead atoms. The highest BCUT2D eigenvalue weighted by Gasteiger charge is 2.06. The summed E-state index contributed by atoms with van der Waals surface area (Å²) in [5.74, 6) is -1.86. The van der Waals surface area contributed by atoms with Crippen LogP contribution in [0, 0.1) is 0 Å². The molecule has 0 unspecified atom stereocenters. The van der Waals surface area contributed by atoms with E-state index in [0.717, 1.165) is 22.3 Å². The van der Waals surface area contributed by atoms with Crippen LogP contribution < -0.4 is 0 Å². The molecule has 0 saturated heterocycles. The molecule has 5 heteroatoms. The van der Waals surface area contributed by atoms with E-state index in [-0.39, 0.29) is 16.9 Å². The summed E-state index contributed by atoms with van der Waals surface area (Å²) >= 11 is 0. The van der Waals surface area contributed by atoms with Crippen molar-refractivity contribution in [3.05, 3.63) is 131 Å². The smallest absolute Gasteiger partial charge is 0.335 e. The zero-order chi connectivity index (χ0) is 22.9. The monoisotopic (exact) mass is 424 g/mol. The number of ketones is 1. The Balaban J connectivity index is 0.000000186. The maximum atomic E-state index is 11.8. The van der Waals surface area contributed by atoms with Gasteiger partial charge < -0.3 is 10.2 Å². The molecule has 5 nitrogen and oxygen atoms in total. The number of carbonyl (C=O) groups is 3. The molecule has 158 valence electrons. The first-order valence-corrected chi connectivity index (χ1v) is 9.77. The van der Waals surface area contributed by atoms with Gasteiger partial charge in [0.15, 0.2) is 5.78 Å². The first kappa shape index (κ1) is 22.2. The second-order valence-electron chi connectivity index (χ2n) is 6.83. The SMILES string of the molecule is O=C(O)c1ccc(-c2ccc(C(=O)O)cc2)cc1.O=C(c1ccccc1)c1ccccc1. The molecular weight excluding hydrogens is 404 g/mol. The van der Waals surface area contributed by atoms with Crippen LogP contribution >= 0.6 is 0 Å². The zero-order valence-electron chi connectivity index (χ0n) is 17.0. The number of rotatable bonds is 5. The van der Waals surface area contributed by atoms with Gasteiger partial charge in [-0.1, -0.05) is 84.9 Å². The molecule has 0 fully saturated rings. The fourth-order valence-corrected chi connectivity index (χ4v) is 2.96. The highest BCUT2D eigenvalue weighted by Crippen LogP contribution is 2.20. The number of hydrogen-bond acceptors (Lipinski definition) is 3. The predicted molar refractivity (Wildman–Crippen MR) is 122 cm³/mol. The minimum atomic E-state index is -0.970. The van der Waals surface area contributed by atoms with Gasteiger partial charge in [-0.15, -0.1) is 0 Å². The fourth-order valence-electron chi connectivity index (χ4n) is 2.96. The molecule has 4 rings (SSSR count). The lowest BCUT2D eigenvalue weighted by Crippen LogP contribution is -1.99. The number of aromatic carboxylic acids is 2. The molecule has 0 aliphatic rings. The largest absolute Gasteiger partial charge is 0.478 e. The van der Waals surface area contributed by atoms with E-state index < -0.39 is 11.9 Å². The first-order chi connectivity index (χ1) is 15.5. The zero-order valence-corrected chi connectivity index (χ0v) is 17.0. The standard InChI is InChI=1S/C14H10O4.C13H10O/c15-13(16)11-5-1-9(2-6-11)10-3-7-12(8-4-10)14(17)18;14-13(11-7-3-1-4-8-11)12-9-5-2-6-10-12/h1-8H,(H,15,16)(H,17,18);1-10H. The Morgan fingerprint density at radius 2 is 0.719 bits per heavy atom. The third-order valence-electron chi connectivity index (χ3n) is 4.67. The van der Waals surface area contributed by atoms with Crippen LogP contribution in [0.2, 0.25) is 0 Å². The van der Waals surface area contributed by atoms with E-state index in [9.17, 15) is 14.4 Å². The van der Waals surface area contributed by atoms with Gasteiger partial charge in [0.05, 0.1) is 11.1 Å². The lowest BCUT2D eigenvalue weighted by molar-refractivity contribution is 0.0686. The summed E-state index contributed by atoms with van der Waals surface area (Å²) in [5.41, 5.74) is 3.60.